The van der Waals surface area contributed by atoms with Gasteiger partial charge in [0.2, 0.25) is 0 Å². The van der Waals surface area contributed by atoms with Crippen molar-refractivity contribution in [2.45, 2.75) is 26.1 Å². The van der Waals surface area contributed by atoms with Crippen molar-refractivity contribution >= 4 is 34.9 Å². The third kappa shape index (κ3) is 6.42. The average Bonchev–Trinajstić information content (AvgIpc) is 2.86. The summed E-state index contributed by atoms with van der Waals surface area (Å²) in [6.45, 7) is 2.07. The molecule has 0 saturated carbocycles. The van der Waals surface area contributed by atoms with Crippen molar-refractivity contribution in [2.24, 2.45) is 5.92 Å². The van der Waals surface area contributed by atoms with E-state index < -0.39 is 0 Å². The lowest BCUT2D eigenvalue weighted by Gasteiger charge is -2.32. The number of likely N-dealkylation sites (tertiary alicyclic amines) is 1. The zero-order chi connectivity index (χ0) is 24.8. The summed E-state index contributed by atoms with van der Waals surface area (Å²) < 4.78 is 25.2. The third-order valence-corrected chi connectivity index (χ3v) is 6.74. The maximum Gasteiger partial charge on any atom is 0.255 e. The Morgan fingerprint density at radius 2 is 1.80 bits per heavy atom. The fourth-order valence-electron chi connectivity index (χ4n) is 3.94. The molecule has 4 rings (SSSR count). The van der Waals surface area contributed by atoms with Gasteiger partial charge in [-0.15, -0.1) is 0 Å². The molecule has 0 spiro atoms. The maximum absolute atomic E-state index is 13.7. The number of nitrogens with zero attached hydrogens (tertiary/aromatic N) is 2. The normalized spacial score (nSPS) is 14.2. The van der Waals surface area contributed by atoms with Crippen LogP contribution in [0.15, 0.2) is 54.7 Å². The monoisotopic (exact) mass is 517 g/mol. The number of halogens is 3. The molecule has 184 valence electrons. The van der Waals surface area contributed by atoms with Gasteiger partial charge in [-0.25, -0.2) is 9.37 Å². The second kappa shape index (κ2) is 11.7. The van der Waals surface area contributed by atoms with E-state index in [-0.39, 0.29) is 30.8 Å². The first-order valence-corrected chi connectivity index (χ1v) is 12.1. The second-order valence-electron chi connectivity index (χ2n) is 8.44. The summed E-state index contributed by atoms with van der Waals surface area (Å²) in [7, 11) is 0. The number of piperidine rings is 1. The molecule has 0 aliphatic carbocycles. The van der Waals surface area contributed by atoms with Crippen molar-refractivity contribution < 1.29 is 18.7 Å². The molecule has 0 unspecified atom stereocenters. The summed E-state index contributed by atoms with van der Waals surface area (Å²) >= 11 is 12.4. The standard InChI is InChI=1S/C26H26Cl2FN3O3/c27-21-5-3-6-22(28)20(21)16-35-24-12-19(13-31-25(24)30)26(33)32-10-8-17(9-11-32)14-34-15-18-4-1-2-7-23(18)29/h1-7,12-13,17H,8-11,14-16H2,(H2,30,31). The lowest BCUT2D eigenvalue weighted by Crippen LogP contribution is -2.39. The van der Waals surface area contributed by atoms with Crippen LogP contribution in [0.2, 0.25) is 10.0 Å². The molecule has 2 heterocycles. The number of aromatic nitrogens is 1. The molecule has 35 heavy (non-hydrogen) atoms. The number of hydrogen-bond acceptors (Lipinski definition) is 5. The fraction of sp³-hybridized carbons (Fsp3) is 0.308. The molecule has 1 aliphatic rings. The minimum absolute atomic E-state index is 0.0975. The summed E-state index contributed by atoms with van der Waals surface area (Å²) in [6, 6.07) is 13.4. The molecule has 1 fully saturated rings. The van der Waals surface area contributed by atoms with Crippen LogP contribution >= 0.6 is 23.2 Å². The Kier molecular flexibility index (Phi) is 8.44. The molecular weight excluding hydrogens is 492 g/mol. The van der Waals surface area contributed by atoms with Gasteiger partial charge in [0, 0.05) is 47.1 Å². The molecule has 1 aromatic heterocycles. The Morgan fingerprint density at radius 1 is 1.09 bits per heavy atom. The summed E-state index contributed by atoms with van der Waals surface area (Å²) in [5, 5.41) is 0.967. The Labute approximate surface area is 213 Å². The molecular formula is C26H26Cl2FN3O3. The number of carbonyl (C=O) groups excluding carboxylic acids is 1. The molecule has 2 N–H and O–H groups in total. The van der Waals surface area contributed by atoms with Crippen LogP contribution in [0, 0.1) is 11.7 Å². The SMILES string of the molecule is Nc1ncc(C(=O)N2CCC(COCc3ccccc3F)CC2)cc1OCc1c(Cl)cccc1Cl. The van der Waals surface area contributed by atoms with Gasteiger partial charge < -0.3 is 20.1 Å². The van der Waals surface area contributed by atoms with E-state index in [1.54, 1.807) is 47.4 Å². The summed E-state index contributed by atoms with van der Waals surface area (Å²) in [5.74, 6) is 0.389. The minimum Gasteiger partial charge on any atom is -0.485 e. The Hall–Kier alpha value is -2.87. The van der Waals surface area contributed by atoms with Crippen molar-refractivity contribution in [3.05, 3.63) is 87.3 Å². The van der Waals surface area contributed by atoms with Crippen LogP contribution < -0.4 is 10.5 Å². The molecule has 2 aromatic carbocycles. The first-order valence-electron chi connectivity index (χ1n) is 11.3. The van der Waals surface area contributed by atoms with Crippen LogP contribution in [-0.4, -0.2) is 35.5 Å². The van der Waals surface area contributed by atoms with E-state index in [0.29, 0.717) is 58.1 Å². The van der Waals surface area contributed by atoms with Crippen LogP contribution in [-0.2, 0) is 18.0 Å². The summed E-state index contributed by atoms with van der Waals surface area (Å²) in [5.41, 5.74) is 7.53. The van der Waals surface area contributed by atoms with Crippen molar-refractivity contribution in [3.8, 4) is 5.75 Å². The minimum atomic E-state index is -0.261. The largest absolute Gasteiger partial charge is 0.485 e. The predicted molar refractivity (Wildman–Crippen MR) is 134 cm³/mol. The van der Waals surface area contributed by atoms with Crippen LogP contribution in [0.5, 0.6) is 5.75 Å². The van der Waals surface area contributed by atoms with Crippen LogP contribution in [0.25, 0.3) is 0 Å². The molecule has 3 aromatic rings. The summed E-state index contributed by atoms with van der Waals surface area (Å²) in [4.78, 5) is 19.0. The summed E-state index contributed by atoms with van der Waals surface area (Å²) in [6.07, 6.45) is 3.07. The predicted octanol–water partition coefficient (Wildman–Crippen LogP) is 5.76. The van der Waals surface area contributed by atoms with Crippen LogP contribution in [0.4, 0.5) is 10.2 Å². The highest BCUT2D eigenvalue weighted by molar-refractivity contribution is 6.35. The van der Waals surface area contributed by atoms with Crippen LogP contribution in [0.3, 0.4) is 0 Å². The van der Waals surface area contributed by atoms with Gasteiger partial charge in [0.25, 0.3) is 5.91 Å². The van der Waals surface area contributed by atoms with Gasteiger partial charge in [-0.1, -0.05) is 47.5 Å². The Morgan fingerprint density at radius 3 is 2.51 bits per heavy atom. The smallest absolute Gasteiger partial charge is 0.255 e. The first kappa shape index (κ1) is 25.2. The highest BCUT2D eigenvalue weighted by Gasteiger charge is 2.25. The van der Waals surface area contributed by atoms with Gasteiger partial charge in [0.05, 0.1) is 12.2 Å². The van der Waals surface area contributed by atoms with Crippen molar-refractivity contribution in [2.75, 3.05) is 25.4 Å². The van der Waals surface area contributed by atoms with Crippen molar-refractivity contribution in [1.29, 1.82) is 0 Å². The maximum atomic E-state index is 13.7. The van der Waals surface area contributed by atoms with Crippen molar-refractivity contribution in [1.82, 2.24) is 9.88 Å². The van der Waals surface area contributed by atoms with E-state index in [0.717, 1.165) is 12.8 Å². The average molecular weight is 518 g/mol. The number of nitrogens with two attached hydrogens (primary N) is 1. The van der Waals surface area contributed by atoms with E-state index in [1.807, 2.05) is 0 Å². The fourth-order valence-corrected chi connectivity index (χ4v) is 4.45. The number of rotatable bonds is 8. The quantitative estimate of drug-likeness (QED) is 0.411. The number of carbonyl (C=O) groups is 1. The molecule has 1 saturated heterocycles. The highest BCUT2D eigenvalue weighted by Crippen LogP contribution is 2.28. The van der Waals surface area contributed by atoms with E-state index in [4.69, 9.17) is 38.4 Å². The Balaban J connectivity index is 1.30. The molecule has 0 atom stereocenters. The zero-order valence-corrected chi connectivity index (χ0v) is 20.6. The van der Waals surface area contributed by atoms with E-state index >= 15 is 0 Å². The number of pyridine rings is 1. The van der Waals surface area contributed by atoms with Crippen molar-refractivity contribution in [3.63, 3.8) is 0 Å². The number of hydrogen-bond donors (Lipinski definition) is 1. The number of ether oxygens (including phenoxy) is 2. The van der Waals surface area contributed by atoms with Gasteiger partial charge in [-0.3, -0.25) is 4.79 Å². The van der Waals surface area contributed by atoms with Crippen LogP contribution in [0.1, 0.15) is 34.3 Å². The third-order valence-electron chi connectivity index (χ3n) is 6.03. The van der Waals surface area contributed by atoms with E-state index in [2.05, 4.69) is 4.98 Å². The molecule has 9 heteroatoms. The number of nitrogen functional groups attached to an aromatic ring is 1. The Bertz CT molecular complexity index is 1170. The lowest BCUT2D eigenvalue weighted by atomic mass is 9.97. The zero-order valence-electron chi connectivity index (χ0n) is 19.1. The highest BCUT2D eigenvalue weighted by atomic mass is 35.5. The molecule has 0 radical (unpaired) electrons. The van der Waals surface area contributed by atoms with E-state index in [1.165, 1.54) is 12.3 Å². The topological polar surface area (TPSA) is 77.7 Å². The van der Waals surface area contributed by atoms with E-state index in [9.17, 15) is 9.18 Å². The lowest BCUT2D eigenvalue weighted by molar-refractivity contribution is 0.0471. The number of amides is 1. The van der Waals surface area contributed by atoms with Gasteiger partial charge in [-0.2, -0.15) is 0 Å². The molecule has 0 bridgehead atoms. The molecule has 1 amide bonds. The van der Waals surface area contributed by atoms with Gasteiger partial charge in [0.1, 0.15) is 12.4 Å². The first-order chi connectivity index (χ1) is 16.9. The number of anilines is 1. The molecule has 1 aliphatic heterocycles. The number of benzene rings is 2. The van der Waals surface area contributed by atoms with Gasteiger partial charge in [-0.05, 0) is 43.0 Å². The van der Waals surface area contributed by atoms with Gasteiger partial charge >= 0.3 is 0 Å². The van der Waals surface area contributed by atoms with Gasteiger partial charge in [0.15, 0.2) is 11.6 Å². The second-order valence-corrected chi connectivity index (χ2v) is 9.25. The molecule has 6 nitrogen and oxygen atoms in total.